The number of hydrogen-bond donors (Lipinski definition) is 0. The van der Waals surface area contributed by atoms with E-state index >= 15 is 0 Å². The number of para-hydroxylation sites is 1. The summed E-state index contributed by atoms with van der Waals surface area (Å²) in [5.41, 5.74) is 17.5. The summed E-state index contributed by atoms with van der Waals surface area (Å²) in [6.07, 6.45) is 0. The molecule has 1 nitrogen and oxygen atoms in total. The van der Waals surface area contributed by atoms with Gasteiger partial charge in [-0.05, 0) is 96.7 Å². The molecule has 0 aromatic heterocycles. The molecule has 0 spiro atoms. The molecule has 1 aliphatic carbocycles. The Kier molecular flexibility index (Phi) is 8.79. The molecule has 0 unspecified atom stereocenters. The third-order valence-corrected chi connectivity index (χ3v) is 12.4. The summed E-state index contributed by atoms with van der Waals surface area (Å²) in [5.74, 6) is 0. The first-order chi connectivity index (χ1) is 29.8. The van der Waals surface area contributed by atoms with Crippen LogP contribution >= 0.6 is 0 Å². The number of nitrogens with zero attached hydrogens (tertiary/aromatic N) is 1. The molecule has 0 saturated heterocycles. The van der Waals surface area contributed by atoms with Gasteiger partial charge in [0.25, 0.3) is 0 Å². The highest BCUT2D eigenvalue weighted by molar-refractivity contribution is 6.00. The van der Waals surface area contributed by atoms with Gasteiger partial charge < -0.3 is 4.90 Å². The Hall–Kier alpha value is -7.74. The van der Waals surface area contributed by atoms with E-state index in [-0.39, 0.29) is 0 Å². The van der Waals surface area contributed by atoms with Crippen LogP contribution in [0.15, 0.2) is 249 Å². The van der Waals surface area contributed by atoms with Gasteiger partial charge in [0, 0.05) is 16.8 Å². The maximum absolute atomic E-state index is 2.49. The van der Waals surface area contributed by atoms with E-state index in [1.165, 1.54) is 72.0 Å². The van der Waals surface area contributed by atoms with E-state index in [0.29, 0.717) is 0 Å². The maximum Gasteiger partial charge on any atom is 0.0714 e. The minimum atomic E-state index is -0.511. The minimum Gasteiger partial charge on any atom is -0.309 e. The Bertz CT molecular complexity index is 3070. The summed E-state index contributed by atoms with van der Waals surface area (Å²) >= 11 is 0. The van der Waals surface area contributed by atoms with Crippen LogP contribution in [-0.2, 0) is 5.41 Å². The quantitative estimate of drug-likeness (QED) is 0.149. The van der Waals surface area contributed by atoms with E-state index in [9.17, 15) is 0 Å². The monoisotopic (exact) mass is 763 g/mol. The molecular formula is C59H41N. The lowest BCUT2D eigenvalue weighted by atomic mass is 9.68. The fraction of sp³-hybridized carbons (Fsp3) is 0.0169. The molecule has 0 fully saturated rings. The first-order valence-electron chi connectivity index (χ1n) is 20.8. The van der Waals surface area contributed by atoms with Crippen LogP contribution in [0, 0.1) is 0 Å². The minimum absolute atomic E-state index is 0.511. The number of benzene rings is 10. The highest BCUT2D eigenvalue weighted by Gasteiger charge is 2.47. The summed E-state index contributed by atoms with van der Waals surface area (Å²) < 4.78 is 0. The lowest BCUT2D eigenvalue weighted by Crippen LogP contribution is -2.28. The highest BCUT2D eigenvalue weighted by Crippen LogP contribution is 2.59. The number of anilines is 3. The smallest absolute Gasteiger partial charge is 0.0714 e. The Morgan fingerprint density at radius 3 is 1.48 bits per heavy atom. The van der Waals surface area contributed by atoms with E-state index < -0.39 is 5.41 Å². The normalized spacial score (nSPS) is 12.5. The second kappa shape index (κ2) is 14.9. The average Bonchev–Trinajstić information content (AvgIpc) is 3.64. The zero-order valence-corrected chi connectivity index (χ0v) is 33.1. The van der Waals surface area contributed by atoms with Gasteiger partial charge in [0.2, 0.25) is 0 Å². The van der Waals surface area contributed by atoms with Crippen LogP contribution in [0.4, 0.5) is 17.1 Å². The molecule has 60 heavy (non-hydrogen) atoms. The fourth-order valence-corrected chi connectivity index (χ4v) is 9.63. The second-order valence-corrected chi connectivity index (χ2v) is 15.6. The largest absolute Gasteiger partial charge is 0.309 e. The summed E-state index contributed by atoms with van der Waals surface area (Å²) in [6.45, 7) is 0. The molecule has 0 radical (unpaired) electrons. The van der Waals surface area contributed by atoms with Gasteiger partial charge >= 0.3 is 0 Å². The van der Waals surface area contributed by atoms with E-state index in [4.69, 9.17) is 0 Å². The molecule has 0 N–H and O–H groups in total. The van der Waals surface area contributed by atoms with Crippen molar-refractivity contribution in [1.82, 2.24) is 0 Å². The lowest BCUT2D eigenvalue weighted by molar-refractivity contribution is 0.768. The van der Waals surface area contributed by atoms with Crippen LogP contribution in [-0.4, -0.2) is 0 Å². The third-order valence-electron chi connectivity index (χ3n) is 12.4. The predicted octanol–water partition coefficient (Wildman–Crippen LogP) is 15.7. The van der Waals surface area contributed by atoms with Crippen molar-refractivity contribution in [3.8, 4) is 44.5 Å². The van der Waals surface area contributed by atoms with Crippen LogP contribution in [0.3, 0.4) is 0 Å². The van der Waals surface area contributed by atoms with Gasteiger partial charge in [-0.1, -0.05) is 218 Å². The van der Waals surface area contributed by atoms with Crippen molar-refractivity contribution in [3.63, 3.8) is 0 Å². The molecule has 11 rings (SSSR count). The second-order valence-electron chi connectivity index (χ2n) is 15.6. The maximum atomic E-state index is 2.49. The van der Waals surface area contributed by atoms with Crippen molar-refractivity contribution >= 4 is 27.8 Å². The topological polar surface area (TPSA) is 3.24 Å². The predicted molar refractivity (Wildman–Crippen MR) is 252 cm³/mol. The molecule has 1 heteroatoms. The zero-order valence-electron chi connectivity index (χ0n) is 33.1. The standard InChI is InChI=1S/C59H41N/c1-4-17-42(18-5-1)44-31-34-46(35-32-44)52-25-13-15-29-56(52)60(51-39-37-45(38-40-51)48-36-33-43-19-10-11-20-47(43)41-48)57-30-16-28-55-58(57)53-26-12-14-27-54(53)59(55,49-21-6-2-7-22-49)50-23-8-3-9-24-50/h1-41H. The van der Waals surface area contributed by atoms with Gasteiger partial charge in [0.15, 0.2) is 0 Å². The molecule has 10 aromatic carbocycles. The fourth-order valence-electron chi connectivity index (χ4n) is 9.63. The number of fused-ring (bicyclic) bond motifs is 4. The Morgan fingerprint density at radius 2 is 0.767 bits per heavy atom. The van der Waals surface area contributed by atoms with Crippen LogP contribution < -0.4 is 4.90 Å². The van der Waals surface area contributed by atoms with Gasteiger partial charge in [0.05, 0.1) is 16.8 Å². The van der Waals surface area contributed by atoms with Gasteiger partial charge in [-0.3, -0.25) is 0 Å². The van der Waals surface area contributed by atoms with Crippen LogP contribution in [0.2, 0.25) is 0 Å². The lowest BCUT2D eigenvalue weighted by Gasteiger charge is -2.34. The Morgan fingerprint density at radius 1 is 0.283 bits per heavy atom. The molecule has 0 aliphatic heterocycles. The molecule has 0 bridgehead atoms. The summed E-state index contributed by atoms with van der Waals surface area (Å²) in [7, 11) is 0. The SMILES string of the molecule is c1ccc(-c2ccc(-c3ccccc3N(c3ccc(-c4ccc5ccccc5c4)cc3)c3cccc4c3-c3ccccc3C4(c3ccccc3)c3ccccc3)cc2)cc1. The Labute approximate surface area is 352 Å². The van der Waals surface area contributed by atoms with Gasteiger partial charge in [-0.15, -0.1) is 0 Å². The molecule has 0 amide bonds. The van der Waals surface area contributed by atoms with Crippen molar-refractivity contribution < 1.29 is 0 Å². The summed E-state index contributed by atoms with van der Waals surface area (Å²) in [6, 6.07) is 91.1. The highest BCUT2D eigenvalue weighted by atomic mass is 15.1. The van der Waals surface area contributed by atoms with Crippen LogP contribution in [0.5, 0.6) is 0 Å². The molecule has 1 aliphatic rings. The van der Waals surface area contributed by atoms with Gasteiger partial charge in [-0.25, -0.2) is 0 Å². The summed E-state index contributed by atoms with van der Waals surface area (Å²) in [4.78, 5) is 2.49. The first kappa shape index (κ1) is 35.4. The third kappa shape index (κ3) is 5.86. The van der Waals surface area contributed by atoms with Gasteiger partial charge in [-0.2, -0.15) is 0 Å². The molecule has 0 heterocycles. The van der Waals surface area contributed by atoms with Crippen LogP contribution in [0.1, 0.15) is 22.3 Å². The molecule has 10 aromatic rings. The molecule has 0 atom stereocenters. The van der Waals surface area contributed by atoms with Crippen molar-refractivity contribution in [2.24, 2.45) is 0 Å². The van der Waals surface area contributed by atoms with Crippen molar-refractivity contribution in [2.75, 3.05) is 4.90 Å². The molecule has 282 valence electrons. The number of hydrogen-bond acceptors (Lipinski definition) is 1. The van der Waals surface area contributed by atoms with E-state index in [0.717, 1.165) is 22.6 Å². The van der Waals surface area contributed by atoms with Crippen molar-refractivity contribution in [1.29, 1.82) is 0 Å². The van der Waals surface area contributed by atoms with Crippen molar-refractivity contribution in [2.45, 2.75) is 5.41 Å². The summed E-state index contributed by atoms with van der Waals surface area (Å²) in [5, 5.41) is 2.49. The van der Waals surface area contributed by atoms with E-state index in [1.807, 2.05) is 0 Å². The van der Waals surface area contributed by atoms with E-state index in [1.54, 1.807) is 0 Å². The molecular weight excluding hydrogens is 723 g/mol. The Balaban J connectivity index is 1.14. The van der Waals surface area contributed by atoms with Crippen LogP contribution in [0.25, 0.3) is 55.3 Å². The van der Waals surface area contributed by atoms with E-state index in [2.05, 4.69) is 254 Å². The number of rotatable bonds is 8. The van der Waals surface area contributed by atoms with Crippen molar-refractivity contribution in [3.05, 3.63) is 271 Å². The van der Waals surface area contributed by atoms with Gasteiger partial charge in [0.1, 0.15) is 0 Å². The average molecular weight is 764 g/mol. The molecule has 0 saturated carbocycles. The first-order valence-corrected chi connectivity index (χ1v) is 20.8. The zero-order chi connectivity index (χ0) is 39.9.